The lowest BCUT2D eigenvalue weighted by Gasteiger charge is -2.10. The Kier molecular flexibility index (Phi) is 2.94. The number of nitrogen functional groups attached to an aromatic ring is 1. The maximum Gasteiger partial charge on any atom is 0.234 e. The first-order chi connectivity index (χ1) is 9.63. The van der Waals surface area contributed by atoms with Gasteiger partial charge in [-0.1, -0.05) is 11.3 Å². The average molecular weight is 291 g/mol. The summed E-state index contributed by atoms with van der Waals surface area (Å²) in [7, 11) is 3.16. The van der Waals surface area contributed by atoms with Crippen LogP contribution in [0, 0.1) is 6.92 Å². The fourth-order valence-electron chi connectivity index (χ4n) is 1.90. The molecule has 0 amide bonds. The molecule has 3 aromatic rings. The van der Waals surface area contributed by atoms with E-state index in [2.05, 4.69) is 15.3 Å². The van der Waals surface area contributed by atoms with Gasteiger partial charge in [0.05, 0.1) is 14.2 Å². The number of benzene rings is 1. The second-order valence-electron chi connectivity index (χ2n) is 4.14. The Morgan fingerprint density at radius 2 is 1.85 bits per heavy atom. The summed E-state index contributed by atoms with van der Waals surface area (Å²) in [5, 5.41) is 13.2. The molecule has 0 saturated carbocycles. The highest BCUT2D eigenvalue weighted by molar-refractivity contribution is 7.19. The van der Waals surface area contributed by atoms with Gasteiger partial charge in [-0.2, -0.15) is 9.61 Å². The van der Waals surface area contributed by atoms with Gasteiger partial charge in [0.1, 0.15) is 5.01 Å². The number of nitrogens with two attached hydrogens (primary N) is 1. The lowest BCUT2D eigenvalue weighted by atomic mass is 10.1. The molecule has 0 aliphatic rings. The van der Waals surface area contributed by atoms with E-state index in [0.29, 0.717) is 17.2 Å². The maximum atomic E-state index is 6.07. The Morgan fingerprint density at radius 1 is 1.15 bits per heavy atom. The van der Waals surface area contributed by atoms with Crippen LogP contribution in [-0.4, -0.2) is 34.0 Å². The summed E-state index contributed by atoms with van der Waals surface area (Å²) in [6.45, 7) is 1.85. The Hall–Kier alpha value is -2.35. The number of nitrogens with zero attached hydrogens (tertiary/aromatic N) is 4. The predicted molar refractivity (Wildman–Crippen MR) is 76.3 cm³/mol. The highest BCUT2D eigenvalue weighted by Gasteiger charge is 2.16. The highest BCUT2D eigenvalue weighted by atomic mass is 32.1. The van der Waals surface area contributed by atoms with Gasteiger partial charge >= 0.3 is 0 Å². The van der Waals surface area contributed by atoms with Crippen molar-refractivity contribution >= 4 is 22.0 Å². The molecule has 2 heterocycles. The van der Waals surface area contributed by atoms with Crippen LogP contribution in [0.25, 0.3) is 15.5 Å². The quantitative estimate of drug-likeness (QED) is 0.740. The third-order valence-electron chi connectivity index (χ3n) is 2.93. The smallest absolute Gasteiger partial charge is 0.234 e. The van der Waals surface area contributed by atoms with E-state index in [0.717, 1.165) is 21.4 Å². The van der Waals surface area contributed by atoms with Gasteiger partial charge in [-0.25, -0.2) is 0 Å². The third kappa shape index (κ3) is 1.85. The Labute approximate surface area is 119 Å². The van der Waals surface area contributed by atoms with Crippen LogP contribution in [0.4, 0.5) is 5.69 Å². The molecule has 0 fully saturated rings. The Balaban J connectivity index is 2.17. The summed E-state index contributed by atoms with van der Waals surface area (Å²) in [6, 6.07) is 3.54. The number of aryl methyl sites for hydroxylation is 1. The topological polar surface area (TPSA) is 87.6 Å². The van der Waals surface area contributed by atoms with Crippen molar-refractivity contribution in [1.82, 2.24) is 19.8 Å². The molecule has 2 N–H and O–H groups in total. The molecule has 0 atom stereocenters. The molecule has 1 aromatic carbocycles. The van der Waals surface area contributed by atoms with Crippen molar-refractivity contribution in [3.63, 3.8) is 0 Å². The molecule has 3 rings (SSSR count). The minimum atomic E-state index is 0.574. The number of anilines is 1. The Bertz CT molecular complexity index is 780. The van der Waals surface area contributed by atoms with Crippen LogP contribution in [0.1, 0.15) is 5.82 Å². The summed E-state index contributed by atoms with van der Waals surface area (Å²) in [5.41, 5.74) is 7.43. The van der Waals surface area contributed by atoms with Gasteiger partial charge < -0.3 is 15.2 Å². The number of hydrogen-bond acceptors (Lipinski definition) is 7. The molecule has 2 aromatic heterocycles. The van der Waals surface area contributed by atoms with Gasteiger partial charge in [0.15, 0.2) is 17.3 Å². The van der Waals surface area contributed by atoms with Crippen LogP contribution in [0.3, 0.4) is 0 Å². The lowest BCUT2D eigenvalue weighted by Crippen LogP contribution is -1.96. The molecule has 0 bridgehead atoms. The van der Waals surface area contributed by atoms with Gasteiger partial charge in [0.25, 0.3) is 0 Å². The van der Waals surface area contributed by atoms with Crippen LogP contribution >= 0.6 is 11.3 Å². The summed E-state index contributed by atoms with van der Waals surface area (Å²) in [6.07, 6.45) is 0. The van der Waals surface area contributed by atoms with Gasteiger partial charge in [0.2, 0.25) is 4.96 Å². The second-order valence-corrected chi connectivity index (χ2v) is 5.10. The number of fused-ring (bicyclic) bond motifs is 1. The van der Waals surface area contributed by atoms with Crippen LogP contribution in [-0.2, 0) is 0 Å². The minimum absolute atomic E-state index is 0.574. The summed E-state index contributed by atoms with van der Waals surface area (Å²) in [4.78, 5) is 0.728. The molecule has 7 nitrogen and oxygen atoms in total. The van der Waals surface area contributed by atoms with Crippen molar-refractivity contribution in [3.8, 4) is 22.1 Å². The predicted octanol–water partition coefficient (Wildman–Crippen LogP) is 1.76. The fourth-order valence-corrected chi connectivity index (χ4v) is 2.83. The SMILES string of the molecule is COc1cc(N)c(-c2nn3c(C)nnc3s2)cc1OC. The molecule has 8 heteroatoms. The van der Waals surface area contributed by atoms with Crippen molar-refractivity contribution in [2.75, 3.05) is 20.0 Å². The molecule has 20 heavy (non-hydrogen) atoms. The standard InChI is InChI=1S/C12H13N5O2S/c1-6-14-15-12-17(6)16-11(20-12)7-4-9(18-2)10(19-3)5-8(7)13/h4-5H,13H2,1-3H3. The van der Waals surface area contributed by atoms with Gasteiger partial charge in [-0.15, -0.1) is 10.2 Å². The van der Waals surface area contributed by atoms with Crippen molar-refractivity contribution in [2.45, 2.75) is 6.92 Å². The zero-order valence-electron chi connectivity index (χ0n) is 11.2. The number of ether oxygens (including phenoxy) is 2. The molecule has 0 radical (unpaired) electrons. The Morgan fingerprint density at radius 3 is 2.50 bits per heavy atom. The molecule has 0 aliphatic heterocycles. The monoisotopic (exact) mass is 291 g/mol. The zero-order valence-corrected chi connectivity index (χ0v) is 12.1. The first-order valence-corrected chi connectivity index (χ1v) is 6.66. The van der Waals surface area contributed by atoms with Crippen molar-refractivity contribution in [3.05, 3.63) is 18.0 Å². The third-order valence-corrected chi connectivity index (χ3v) is 3.86. The highest BCUT2D eigenvalue weighted by Crippen LogP contribution is 2.38. The summed E-state index contributed by atoms with van der Waals surface area (Å²) >= 11 is 1.42. The first-order valence-electron chi connectivity index (χ1n) is 5.84. The van der Waals surface area contributed by atoms with E-state index in [1.165, 1.54) is 11.3 Å². The summed E-state index contributed by atoms with van der Waals surface area (Å²) < 4.78 is 12.2. The van der Waals surface area contributed by atoms with Crippen LogP contribution in [0.5, 0.6) is 11.5 Å². The van der Waals surface area contributed by atoms with Crippen molar-refractivity contribution in [2.24, 2.45) is 0 Å². The molecule has 104 valence electrons. The van der Waals surface area contributed by atoms with E-state index >= 15 is 0 Å². The van der Waals surface area contributed by atoms with E-state index in [9.17, 15) is 0 Å². The first kappa shape index (κ1) is 12.7. The minimum Gasteiger partial charge on any atom is -0.493 e. The van der Waals surface area contributed by atoms with Crippen LogP contribution in [0.15, 0.2) is 12.1 Å². The molecular weight excluding hydrogens is 278 g/mol. The van der Waals surface area contributed by atoms with Crippen LogP contribution in [0.2, 0.25) is 0 Å². The molecule has 0 unspecified atom stereocenters. The van der Waals surface area contributed by atoms with E-state index in [1.807, 2.05) is 13.0 Å². The zero-order chi connectivity index (χ0) is 14.3. The van der Waals surface area contributed by atoms with Crippen molar-refractivity contribution in [1.29, 1.82) is 0 Å². The number of methoxy groups -OCH3 is 2. The van der Waals surface area contributed by atoms with E-state index in [1.54, 1.807) is 24.8 Å². The molecular formula is C12H13N5O2S. The summed E-state index contributed by atoms with van der Waals surface area (Å²) in [5.74, 6) is 1.94. The molecule has 0 saturated heterocycles. The number of aromatic nitrogens is 4. The van der Waals surface area contributed by atoms with E-state index in [4.69, 9.17) is 15.2 Å². The van der Waals surface area contributed by atoms with Crippen LogP contribution < -0.4 is 15.2 Å². The average Bonchev–Trinajstić information content (AvgIpc) is 3.01. The normalized spacial score (nSPS) is 10.9. The maximum absolute atomic E-state index is 6.07. The molecule has 0 aliphatic carbocycles. The van der Waals surface area contributed by atoms with Gasteiger partial charge in [0, 0.05) is 17.3 Å². The van der Waals surface area contributed by atoms with Crippen molar-refractivity contribution < 1.29 is 9.47 Å². The fraction of sp³-hybridized carbons (Fsp3) is 0.250. The number of hydrogen-bond donors (Lipinski definition) is 1. The lowest BCUT2D eigenvalue weighted by molar-refractivity contribution is 0.355. The largest absolute Gasteiger partial charge is 0.493 e. The van der Waals surface area contributed by atoms with Gasteiger partial charge in [-0.3, -0.25) is 0 Å². The molecule has 0 spiro atoms. The van der Waals surface area contributed by atoms with E-state index < -0.39 is 0 Å². The number of rotatable bonds is 3. The van der Waals surface area contributed by atoms with Gasteiger partial charge in [-0.05, 0) is 13.0 Å². The second kappa shape index (κ2) is 4.64. The van der Waals surface area contributed by atoms with E-state index in [-0.39, 0.29) is 0 Å².